The highest BCUT2D eigenvalue weighted by Gasteiger charge is 2.46. The number of urea groups is 1. The molecule has 4 nitrogen and oxygen atoms in total. The molecule has 5 heteroatoms. The Morgan fingerprint density at radius 3 is 3.40 bits per heavy atom. The molecule has 0 radical (unpaired) electrons. The maximum atomic E-state index is 11.8. The van der Waals surface area contributed by atoms with Crippen LogP contribution in [-0.4, -0.2) is 28.2 Å². The second kappa shape index (κ2) is 2.88. The molecule has 1 aromatic heterocycles. The van der Waals surface area contributed by atoms with Crippen molar-refractivity contribution in [1.82, 2.24) is 9.88 Å². The molecule has 0 saturated carbocycles. The van der Waals surface area contributed by atoms with Crippen molar-refractivity contribution in [2.45, 2.75) is 11.8 Å². The molecule has 0 spiro atoms. The van der Waals surface area contributed by atoms with Gasteiger partial charge in [0, 0.05) is 30.3 Å². The van der Waals surface area contributed by atoms with Crippen molar-refractivity contribution in [3.05, 3.63) is 24.0 Å². The molecule has 2 aliphatic heterocycles. The lowest BCUT2D eigenvalue weighted by Gasteiger charge is -2.39. The number of hydrogen-bond donors (Lipinski definition) is 1. The summed E-state index contributed by atoms with van der Waals surface area (Å²) in [5, 5.41) is 2.89. The summed E-state index contributed by atoms with van der Waals surface area (Å²) in [4.78, 5) is 17.6. The molecule has 2 aliphatic rings. The summed E-state index contributed by atoms with van der Waals surface area (Å²) >= 11 is 1.80. The van der Waals surface area contributed by atoms with E-state index in [2.05, 4.69) is 17.2 Å². The van der Waals surface area contributed by atoms with Crippen LogP contribution in [0.25, 0.3) is 0 Å². The van der Waals surface area contributed by atoms with Gasteiger partial charge in [0.15, 0.2) is 0 Å². The largest absolute Gasteiger partial charge is 0.323 e. The van der Waals surface area contributed by atoms with E-state index in [4.69, 9.17) is 0 Å². The quantitative estimate of drug-likeness (QED) is 0.727. The number of aromatic nitrogens is 1. The zero-order valence-corrected chi connectivity index (χ0v) is 9.17. The molecule has 3 rings (SSSR count). The Morgan fingerprint density at radius 2 is 2.53 bits per heavy atom. The van der Waals surface area contributed by atoms with Crippen LogP contribution in [0.1, 0.15) is 12.5 Å². The molecule has 0 bridgehead atoms. The van der Waals surface area contributed by atoms with Gasteiger partial charge in [-0.3, -0.25) is 4.98 Å². The third-order valence-electron chi connectivity index (χ3n) is 3.02. The lowest BCUT2D eigenvalue weighted by molar-refractivity contribution is 0.189. The number of thioether (sulfide) groups is 1. The first kappa shape index (κ1) is 9.03. The normalized spacial score (nSPS) is 28.3. The number of nitrogens with one attached hydrogen (secondary N) is 1. The van der Waals surface area contributed by atoms with E-state index >= 15 is 0 Å². The third kappa shape index (κ3) is 1.10. The summed E-state index contributed by atoms with van der Waals surface area (Å²) in [7, 11) is 0. The van der Waals surface area contributed by atoms with Crippen molar-refractivity contribution in [2.75, 3.05) is 17.6 Å². The zero-order chi connectivity index (χ0) is 10.5. The fourth-order valence-corrected chi connectivity index (χ4v) is 3.52. The van der Waals surface area contributed by atoms with E-state index in [1.54, 1.807) is 18.0 Å². The molecule has 1 N–H and O–H groups in total. The Labute approximate surface area is 92.1 Å². The van der Waals surface area contributed by atoms with Crippen LogP contribution in [0.2, 0.25) is 0 Å². The number of anilines is 1. The minimum absolute atomic E-state index is 0.00111. The Hall–Kier alpha value is -1.23. The lowest BCUT2D eigenvalue weighted by atomic mass is 10.0. The highest BCUT2D eigenvalue weighted by Crippen LogP contribution is 2.48. The van der Waals surface area contributed by atoms with Crippen molar-refractivity contribution in [3.8, 4) is 0 Å². The first-order valence-corrected chi connectivity index (χ1v) is 5.87. The van der Waals surface area contributed by atoms with Gasteiger partial charge in [0.2, 0.25) is 0 Å². The topological polar surface area (TPSA) is 45.2 Å². The maximum absolute atomic E-state index is 11.8. The molecule has 1 unspecified atom stereocenters. The van der Waals surface area contributed by atoms with E-state index < -0.39 is 0 Å². The minimum Gasteiger partial charge on any atom is -0.307 e. The van der Waals surface area contributed by atoms with Gasteiger partial charge in [-0.05, 0) is 13.0 Å². The summed E-state index contributed by atoms with van der Waals surface area (Å²) in [5.74, 6) is 0.984. The van der Waals surface area contributed by atoms with Gasteiger partial charge in [-0.25, -0.2) is 4.79 Å². The van der Waals surface area contributed by atoms with Crippen LogP contribution >= 0.6 is 11.8 Å². The second-order valence-corrected chi connectivity index (χ2v) is 5.33. The average molecular weight is 221 g/mol. The molecule has 78 valence electrons. The van der Waals surface area contributed by atoms with Gasteiger partial charge in [0.1, 0.15) is 4.87 Å². The van der Waals surface area contributed by atoms with Crippen molar-refractivity contribution >= 4 is 23.5 Å². The standard InChI is InChI=1S/C10H11N3OS/c1-10-7-6-11-3-2-8(7)12-9(14)13(10)4-5-15-10/h2-3,6H,4-5H2,1H3,(H,12,14). The lowest BCUT2D eigenvalue weighted by Crippen LogP contribution is -2.48. The number of amides is 2. The van der Waals surface area contributed by atoms with E-state index in [1.165, 1.54) is 0 Å². The van der Waals surface area contributed by atoms with Crippen LogP contribution in [0.3, 0.4) is 0 Å². The summed E-state index contributed by atoms with van der Waals surface area (Å²) < 4.78 is 0. The summed E-state index contributed by atoms with van der Waals surface area (Å²) in [5.41, 5.74) is 2.00. The van der Waals surface area contributed by atoms with Crippen LogP contribution in [0, 0.1) is 0 Å². The second-order valence-electron chi connectivity index (χ2n) is 3.83. The molecular weight excluding hydrogens is 210 g/mol. The highest BCUT2D eigenvalue weighted by molar-refractivity contribution is 8.00. The number of hydrogen-bond acceptors (Lipinski definition) is 3. The average Bonchev–Trinajstić information content (AvgIpc) is 2.62. The Morgan fingerprint density at radius 1 is 1.67 bits per heavy atom. The molecule has 15 heavy (non-hydrogen) atoms. The molecule has 1 aromatic rings. The predicted octanol–water partition coefficient (Wildman–Crippen LogP) is 1.85. The molecule has 0 aliphatic carbocycles. The van der Waals surface area contributed by atoms with E-state index in [-0.39, 0.29) is 10.9 Å². The fourth-order valence-electron chi connectivity index (χ4n) is 2.20. The van der Waals surface area contributed by atoms with Gasteiger partial charge in [0.25, 0.3) is 0 Å². The third-order valence-corrected chi connectivity index (χ3v) is 4.41. The van der Waals surface area contributed by atoms with Gasteiger partial charge in [-0.1, -0.05) is 0 Å². The van der Waals surface area contributed by atoms with Gasteiger partial charge >= 0.3 is 6.03 Å². The molecule has 1 saturated heterocycles. The Bertz CT molecular complexity index is 436. The van der Waals surface area contributed by atoms with Crippen LogP contribution in [-0.2, 0) is 4.87 Å². The number of carbonyl (C=O) groups is 1. The Balaban J connectivity index is 2.20. The van der Waals surface area contributed by atoms with Crippen molar-refractivity contribution in [1.29, 1.82) is 0 Å². The molecule has 0 aromatic carbocycles. The summed E-state index contributed by atoms with van der Waals surface area (Å²) in [6.07, 6.45) is 3.55. The van der Waals surface area contributed by atoms with Crippen molar-refractivity contribution in [3.63, 3.8) is 0 Å². The van der Waals surface area contributed by atoms with Crippen LogP contribution in [0.5, 0.6) is 0 Å². The monoisotopic (exact) mass is 221 g/mol. The summed E-state index contributed by atoms with van der Waals surface area (Å²) in [6.45, 7) is 2.89. The van der Waals surface area contributed by atoms with E-state index in [9.17, 15) is 4.79 Å². The smallest absolute Gasteiger partial charge is 0.307 e. The molecule has 1 fully saturated rings. The van der Waals surface area contributed by atoms with Crippen LogP contribution in [0.15, 0.2) is 18.5 Å². The molecular formula is C10H11N3OS. The number of pyridine rings is 1. The number of fused-ring (bicyclic) bond motifs is 3. The predicted molar refractivity (Wildman–Crippen MR) is 59.8 cm³/mol. The van der Waals surface area contributed by atoms with Gasteiger partial charge in [0.05, 0.1) is 5.69 Å². The first-order chi connectivity index (χ1) is 7.22. The minimum atomic E-state index is -0.230. The SMILES string of the molecule is CC12SCCN1C(=O)Nc1ccncc12. The molecule has 2 amide bonds. The highest BCUT2D eigenvalue weighted by atomic mass is 32.2. The summed E-state index contributed by atoms with van der Waals surface area (Å²) in [6, 6.07) is 1.86. The van der Waals surface area contributed by atoms with Crippen molar-refractivity contribution in [2.24, 2.45) is 0 Å². The number of rotatable bonds is 0. The molecule has 3 heterocycles. The Kier molecular flexibility index (Phi) is 1.74. The zero-order valence-electron chi connectivity index (χ0n) is 8.36. The van der Waals surface area contributed by atoms with E-state index in [0.717, 1.165) is 23.5 Å². The molecule has 1 atom stereocenters. The fraction of sp³-hybridized carbons (Fsp3) is 0.400. The van der Waals surface area contributed by atoms with Crippen molar-refractivity contribution < 1.29 is 4.79 Å². The number of carbonyl (C=O) groups excluding carboxylic acids is 1. The van der Waals surface area contributed by atoms with E-state index in [0.29, 0.717) is 0 Å². The number of nitrogens with zero attached hydrogens (tertiary/aromatic N) is 2. The van der Waals surface area contributed by atoms with Crippen LogP contribution in [0.4, 0.5) is 10.5 Å². The van der Waals surface area contributed by atoms with Gasteiger partial charge < -0.3 is 10.2 Å². The van der Waals surface area contributed by atoms with Gasteiger partial charge in [-0.15, -0.1) is 11.8 Å². The van der Waals surface area contributed by atoms with E-state index in [1.807, 2.05) is 17.2 Å². The van der Waals surface area contributed by atoms with Gasteiger partial charge in [-0.2, -0.15) is 0 Å². The van der Waals surface area contributed by atoms with Crippen LogP contribution < -0.4 is 5.32 Å². The maximum Gasteiger partial charge on any atom is 0.323 e. The first-order valence-electron chi connectivity index (χ1n) is 4.89.